The summed E-state index contributed by atoms with van der Waals surface area (Å²) in [5, 5.41) is 26.5. The zero-order valence-corrected chi connectivity index (χ0v) is 29.1. The molecule has 2 amide bonds. The summed E-state index contributed by atoms with van der Waals surface area (Å²) in [5.74, 6) is 0.142. The van der Waals surface area contributed by atoms with Crippen molar-refractivity contribution in [2.45, 2.75) is 64.5 Å². The van der Waals surface area contributed by atoms with E-state index in [1.54, 1.807) is 14.2 Å². The van der Waals surface area contributed by atoms with Gasteiger partial charge in [-0.2, -0.15) is 0 Å². The fourth-order valence-corrected chi connectivity index (χ4v) is 5.66. The number of benzene rings is 3. The van der Waals surface area contributed by atoms with Crippen molar-refractivity contribution in [3.63, 3.8) is 0 Å². The second-order valence-corrected chi connectivity index (χ2v) is 12.3. The topological polar surface area (TPSA) is 124 Å². The highest BCUT2D eigenvalue weighted by Crippen LogP contribution is 2.27. The lowest BCUT2D eigenvalue weighted by Crippen LogP contribution is -2.26. The summed E-state index contributed by atoms with van der Waals surface area (Å²) in [6.07, 6.45) is 7.67. The van der Waals surface area contributed by atoms with Crippen LogP contribution < -0.4 is 20.1 Å². The third kappa shape index (κ3) is 12.7. The van der Waals surface area contributed by atoms with Crippen molar-refractivity contribution in [1.29, 1.82) is 0 Å². The second-order valence-electron chi connectivity index (χ2n) is 12.3. The second kappa shape index (κ2) is 20.8. The van der Waals surface area contributed by atoms with Crippen LogP contribution >= 0.6 is 0 Å². The fourth-order valence-electron chi connectivity index (χ4n) is 5.66. The van der Waals surface area contributed by atoms with Crippen LogP contribution in [0.5, 0.6) is 23.0 Å². The summed E-state index contributed by atoms with van der Waals surface area (Å²) < 4.78 is 10.9. The first-order valence-electron chi connectivity index (χ1n) is 17.0. The molecule has 4 N–H and O–H groups in total. The molecule has 0 aromatic heterocycles. The van der Waals surface area contributed by atoms with Crippen LogP contribution in [0.2, 0.25) is 0 Å². The summed E-state index contributed by atoms with van der Waals surface area (Å²) in [4.78, 5) is 29.8. The highest BCUT2D eigenvalue weighted by atomic mass is 16.5. The molecule has 0 aliphatic carbocycles. The molecule has 3 aromatic carbocycles. The number of methoxy groups -OCH3 is 2. The minimum Gasteiger partial charge on any atom is -0.507 e. The van der Waals surface area contributed by atoms with Crippen LogP contribution in [-0.2, 0) is 13.1 Å². The SMILES string of the molecule is COc1ccccc1CN(C)CCCCCCNC(=O)c1cc(O)c(C(=O)NCCCCCCN(C)Cc2ccccc2OC)cc1O. The van der Waals surface area contributed by atoms with Gasteiger partial charge in [-0.25, -0.2) is 0 Å². The number of nitrogens with zero attached hydrogens (tertiary/aromatic N) is 2. The number of carbonyl (C=O) groups is 2. The lowest BCUT2D eigenvalue weighted by atomic mass is 10.1. The minimum atomic E-state index is -0.486. The number of ether oxygens (including phenoxy) is 2. The van der Waals surface area contributed by atoms with Gasteiger partial charge >= 0.3 is 0 Å². The van der Waals surface area contributed by atoms with Crippen LogP contribution in [0.25, 0.3) is 0 Å². The molecular weight excluding hydrogens is 608 g/mol. The average Bonchev–Trinajstić information content (AvgIpc) is 3.08. The number of hydrogen-bond acceptors (Lipinski definition) is 8. The summed E-state index contributed by atoms with van der Waals surface area (Å²) in [5.41, 5.74) is 2.21. The molecule has 3 rings (SSSR count). The van der Waals surface area contributed by atoms with Gasteiger partial charge in [-0.1, -0.05) is 62.1 Å². The quantitative estimate of drug-likeness (QED) is 0.0768. The van der Waals surface area contributed by atoms with E-state index in [9.17, 15) is 19.8 Å². The van der Waals surface area contributed by atoms with Crippen LogP contribution in [0.1, 0.15) is 83.2 Å². The molecule has 0 unspecified atom stereocenters. The summed E-state index contributed by atoms with van der Waals surface area (Å²) >= 11 is 0. The molecule has 3 aromatic rings. The van der Waals surface area contributed by atoms with E-state index in [4.69, 9.17) is 9.47 Å². The van der Waals surface area contributed by atoms with E-state index in [1.165, 1.54) is 0 Å². The zero-order chi connectivity index (χ0) is 34.7. The number of para-hydroxylation sites is 2. The van der Waals surface area contributed by atoms with Gasteiger partial charge < -0.3 is 40.1 Å². The monoisotopic (exact) mass is 662 g/mol. The molecule has 0 saturated carbocycles. The predicted molar refractivity (Wildman–Crippen MR) is 190 cm³/mol. The molecule has 10 nitrogen and oxygen atoms in total. The van der Waals surface area contributed by atoms with E-state index in [2.05, 4.69) is 46.7 Å². The lowest BCUT2D eigenvalue weighted by Gasteiger charge is -2.18. The number of hydrogen-bond donors (Lipinski definition) is 4. The van der Waals surface area contributed by atoms with Crippen LogP contribution in [-0.4, -0.2) is 86.3 Å². The normalized spacial score (nSPS) is 11.1. The highest BCUT2D eigenvalue weighted by Gasteiger charge is 2.19. The molecule has 0 spiro atoms. The molecule has 0 atom stereocenters. The first-order chi connectivity index (χ1) is 23.2. The number of rotatable bonds is 22. The molecule has 0 saturated heterocycles. The zero-order valence-electron chi connectivity index (χ0n) is 29.1. The van der Waals surface area contributed by atoms with Crippen LogP contribution in [0, 0.1) is 0 Å². The maximum atomic E-state index is 12.7. The fraction of sp³-hybridized carbons (Fsp3) is 0.474. The third-order valence-electron chi connectivity index (χ3n) is 8.37. The first kappa shape index (κ1) is 38.2. The Morgan fingerprint density at radius 2 is 0.979 bits per heavy atom. The van der Waals surface area contributed by atoms with Crippen LogP contribution in [0.3, 0.4) is 0 Å². The molecule has 0 aliphatic heterocycles. The molecule has 0 aliphatic rings. The van der Waals surface area contributed by atoms with E-state index in [1.807, 2.05) is 36.4 Å². The van der Waals surface area contributed by atoms with Gasteiger partial charge in [-0.3, -0.25) is 9.59 Å². The van der Waals surface area contributed by atoms with Crippen molar-refractivity contribution in [3.05, 3.63) is 82.9 Å². The van der Waals surface area contributed by atoms with E-state index in [0.29, 0.717) is 13.1 Å². The van der Waals surface area contributed by atoms with Gasteiger partial charge in [0.05, 0.1) is 25.3 Å². The molecule has 0 fully saturated rings. The Kier molecular flexibility index (Phi) is 16.6. The smallest absolute Gasteiger partial charge is 0.255 e. The van der Waals surface area contributed by atoms with E-state index in [-0.39, 0.29) is 22.6 Å². The molecule has 0 heterocycles. The van der Waals surface area contributed by atoms with E-state index < -0.39 is 11.8 Å². The van der Waals surface area contributed by atoms with Gasteiger partial charge in [0.15, 0.2) is 0 Å². The average molecular weight is 663 g/mol. The van der Waals surface area contributed by atoms with Gasteiger partial charge in [0.2, 0.25) is 0 Å². The number of aromatic hydroxyl groups is 2. The van der Waals surface area contributed by atoms with Crippen molar-refractivity contribution in [1.82, 2.24) is 20.4 Å². The standard InChI is InChI=1S/C38H54N4O6/c1-41(27-29-17-9-11-19-35(29)47-3)23-15-7-5-13-21-39-37(45)31-25-34(44)32(26-33(31)43)38(46)40-22-14-6-8-16-24-42(2)28-30-18-10-12-20-36(30)48-4/h9-12,17-20,25-26,43-44H,5-8,13-16,21-24,27-28H2,1-4H3,(H,39,45)(H,40,46). The molecule has 10 heteroatoms. The molecule has 0 radical (unpaired) electrons. The Hall–Kier alpha value is -4.28. The van der Waals surface area contributed by atoms with Crippen molar-refractivity contribution in [2.75, 3.05) is 54.5 Å². The summed E-state index contributed by atoms with van der Waals surface area (Å²) in [6.45, 7) is 4.47. The van der Waals surface area contributed by atoms with Gasteiger partial charge in [0.1, 0.15) is 23.0 Å². The van der Waals surface area contributed by atoms with Crippen LogP contribution in [0.15, 0.2) is 60.7 Å². The van der Waals surface area contributed by atoms with E-state index >= 15 is 0 Å². The maximum Gasteiger partial charge on any atom is 0.255 e. The Labute approximate surface area is 286 Å². The van der Waals surface area contributed by atoms with Gasteiger partial charge in [0, 0.05) is 37.3 Å². The third-order valence-corrected chi connectivity index (χ3v) is 8.37. The number of phenolic OH excluding ortho intramolecular Hbond substituents is 2. The number of carbonyl (C=O) groups excluding carboxylic acids is 2. The lowest BCUT2D eigenvalue weighted by molar-refractivity contribution is 0.0935. The minimum absolute atomic E-state index is 0.0577. The maximum absolute atomic E-state index is 12.7. The van der Waals surface area contributed by atoms with Crippen molar-refractivity contribution in [2.24, 2.45) is 0 Å². The van der Waals surface area contributed by atoms with E-state index in [0.717, 1.165) is 112 Å². The number of nitrogens with one attached hydrogen (secondary N) is 2. The van der Waals surface area contributed by atoms with Crippen LogP contribution in [0.4, 0.5) is 0 Å². The molecule has 48 heavy (non-hydrogen) atoms. The van der Waals surface area contributed by atoms with Gasteiger partial charge in [-0.15, -0.1) is 0 Å². The first-order valence-corrected chi connectivity index (χ1v) is 17.0. The molecule has 262 valence electrons. The van der Waals surface area contributed by atoms with Crippen molar-refractivity contribution >= 4 is 11.8 Å². The number of phenols is 2. The van der Waals surface area contributed by atoms with Gasteiger partial charge in [-0.05, 0) is 77.1 Å². The Bertz CT molecular complexity index is 1320. The number of unbranched alkanes of at least 4 members (excludes halogenated alkanes) is 6. The largest absolute Gasteiger partial charge is 0.507 e. The predicted octanol–water partition coefficient (Wildman–Crippen LogP) is 5.96. The number of amides is 2. The highest BCUT2D eigenvalue weighted by molar-refractivity contribution is 6.02. The Morgan fingerprint density at radius 3 is 1.38 bits per heavy atom. The van der Waals surface area contributed by atoms with Gasteiger partial charge in [0.25, 0.3) is 11.8 Å². The molecule has 0 bridgehead atoms. The summed E-state index contributed by atoms with van der Waals surface area (Å²) in [7, 11) is 7.57. The van der Waals surface area contributed by atoms with Crippen molar-refractivity contribution < 1.29 is 29.3 Å². The Balaban J connectivity index is 1.27. The molecular formula is C38H54N4O6. The Morgan fingerprint density at radius 1 is 0.604 bits per heavy atom. The van der Waals surface area contributed by atoms with Crippen molar-refractivity contribution in [3.8, 4) is 23.0 Å². The summed E-state index contributed by atoms with van der Waals surface area (Å²) in [6, 6.07) is 18.4.